The zero-order chi connectivity index (χ0) is 14.0. The van der Waals surface area contributed by atoms with E-state index in [9.17, 15) is 9.59 Å². The van der Waals surface area contributed by atoms with E-state index in [2.05, 4.69) is 0 Å². The molecule has 4 nitrogen and oxygen atoms in total. The third-order valence-electron chi connectivity index (χ3n) is 3.99. The van der Waals surface area contributed by atoms with Crippen LogP contribution in [0.5, 0.6) is 0 Å². The van der Waals surface area contributed by atoms with Crippen LogP contribution in [0.3, 0.4) is 0 Å². The van der Waals surface area contributed by atoms with Gasteiger partial charge in [0.2, 0.25) is 0 Å². The zero-order valence-electron chi connectivity index (χ0n) is 12.3. The maximum absolute atomic E-state index is 12.3. The van der Waals surface area contributed by atoms with Gasteiger partial charge in [-0.05, 0) is 46.5 Å². The third-order valence-corrected chi connectivity index (χ3v) is 3.99. The number of likely N-dealkylation sites (tertiary alicyclic amines) is 1. The number of rotatable bonds is 0. The van der Waals surface area contributed by atoms with Crippen molar-refractivity contribution >= 4 is 11.9 Å². The van der Waals surface area contributed by atoms with Crippen LogP contribution in [0.2, 0.25) is 0 Å². The van der Waals surface area contributed by atoms with Gasteiger partial charge in [0.05, 0.1) is 0 Å². The van der Waals surface area contributed by atoms with E-state index in [1.165, 1.54) is 0 Å². The number of amides is 1. The van der Waals surface area contributed by atoms with Gasteiger partial charge in [-0.15, -0.1) is 0 Å². The minimum atomic E-state index is -0.475. The Morgan fingerprint density at radius 3 is 2.63 bits per heavy atom. The number of ether oxygens (including phenoxy) is 1. The molecule has 1 heterocycles. The van der Waals surface area contributed by atoms with E-state index in [1.807, 2.05) is 25.7 Å². The number of carbonyl (C=O) groups is 2. The van der Waals surface area contributed by atoms with E-state index >= 15 is 0 Å². The van der Waals surface area contributed by atoms with Crippen molar-refractivity contribution in [2.75, 3.05) is 6.54 Å². The summed E-state index contributed by atoms with van der Waals surface area (Å²) in [6, 6.07) is 0.0681. The molecular formula is C15H25NO3. The molecule has 19 heavy (non-hydrogen) atoms. The molecule has 0 unspecified atom stereocenters. The molecule has 1 saturated carbocycles. The number of hydrogen-bond donors (Lipinski definition) is 0. The van der Waals surface area contributed by atoms with Crippen LogP contribution in [-0.2, 0) is 9.53 Å². The highest BCUT2D eigenvalue weighted by Crippen LogP contribution is 2.33. The van der Waals surface area contributed by atoms with Gasteiger partial charge >= 0.3 is 6.09 Å². The van der Waals surface area contributed by atoms with E-state index in [1.54, 1.807) is 0 Å². The quantitative estimate of drug-likeness (QED) is 0.677. The molecule has 0 bridgehead atoms. The third kappa shape index (κ3) is 3.48. The fourth-order valence-electron chi connectivity index (χ4n) is 3.17. The fourth-order valence-corrected chi connectivity index (χ4v) is 3.17. The van der Waals surface area contributed by atoms with Crippen LogP contribution in [0.1, 0.15) is 59.3 Å². The van der Waals surface area contributed by atoms with Gasteiger partial charge in [0.15, 0.2) is 0 Å². The van der Waals surface area contributed by atoms with Crippen molar-refractivity contribution in [1.29, 1.82) is 0 Å². The minimum Gasteiger partial charge on any atom is -0.444 e. The lowest BCUT2D eigenvalue weighted by Crippen LogP contribution is -2.49. The maximum Gasteiger partial charge on any atom is 0.410 e. The monoisotopic (exact) mass is 267 g/mol. The van der Waals surface area contributed by atoms with Gasteiger partial charge in [0.25, 0.3) is 0 Å². The predicted octanol–water partition coefficient (Wildman–Crippen LogP) is 3.15. The predicted molar refractivity (Wildman–Crippen MR) is 72.9 cm³/mol. The Balaban J connectivity index is 2.13. The summed E-state index contributed by atoms with van der Waals surface area (Å²) >= 11 is 0. The summed E-state index contributed by atoms with van der Waals surface area (Å²) < 4.78 is 5.49. The first-order valence-corrected chi connectivity index (χ1v) is 7.41. The van der Waals surface area contributed by atoms with Crippen molar-refractivity contribution in [2.45, 2.75) is 70.9 Å². The van der Waals surface area contributed by atoms with E-state index in [0.29, 0.717) is 12.2 Å². The molecule has 1 aliphatic heterocycles. The van der Waals surface area contributed by atoms with E-state index in [-0.39, 0.29) is 18.1 Å². The minimum absolute atomic E-state index is 0.0452. The number of fused-ring (bicyclic) bond motifs is 1. The molecule has 1 amide bonds. The van der Waals surface area contributed by atoms with Crippen LogP contribution in [0.4, 0.5) is 4.79 Å². The Bertz CT molecular complexity index is 359. The van der Waals surface area contributed by atoms with Crippen LogP contribution in [0, 0.1) is 5.92 Å². The molecule has 2 aliphatic rings. The van der Waals surface area contributed by atoms with Crippen molar-refractivity contribution in [1.82, 2.24) is 4.90 Å². The molecule has 0 aromatic carbocycles. The molecular weight excluding hydrogens is 242 g/mol. The molecule has 0 N–H and O–H groups in total. The van der Waals surface area contributed by atoms with E-state index < -0.39 is 5.60 Å². The second-order valence-corrected chi connectivity index (χ2v) is 6.70. The Morgan fingerprint density at radius 2 is 1.95 bits per heavy atom. The average Bonchev–Trinajstić information content (AvgIpc) is 2.50. The highest BCUT2D eigenvalue weighted by atomic mass is 16.6. The van der Waals surface area contributed by atoms with E-state index in [0.717, 1.165) is 38.6 Å². The standard InChI is InChI=1S/C15H25NO3/c1-15(2,3)19-14(18)16-10-5-4-7-11-12(16)8-6-9-13(11)17/h11-12H,4-10H2,1-3H3/t11-,12-/m1/s1. The summed E-state index contributed by atoms with van der Waals surface area (Å²) in [6.07, 6.45) is 5.21. The Morgan fingerprint density at radius 1 is 1.21 bits per heavy atom. The van der Waals surface area contributed by atoms with Crippen LogP contribution < -0.4 is 0 Å². The van der Waals surface area contributed by atoms with Gasteiger partial charge in [-0.25, -0.2) is 4.79 Å². The topological polar surface area (TPSA) is 46.6 Å². The summed E-state index contributed by atoms with van der Waals surface area (Å²) in [5, 5.41) is 0. The Kier molecular flexibility index (Phi) is 4.16. The van der Waals surface area contributed by atoms with Gasteiger partial charge in [0, 0.05) is 24.9 Å². The lowest BCUT2D eigenvalue weighted by atomic mass is 9.81. The largest absolute Gasteiger partial charge is 0.444 e. The first-order valence-electron chi connectivity index (χ1n) is 7.41. The van der Waals surface area contributed by atoms with Crippen molar-refractivity contribution in [2.24, 2.45) is 5.92 Å². The second kappa shape index (κ2) is 5.51. The van der Waals surface area contributed by atoms with Crippen LogP contribution in [0.15, 0.2) is 0 Å². The van der Waals surface area contributed by atoms with Crippen LogP contribution in [-0.4, -0.2) is 35.0 Å². The highest BCUT2D eigenvalue weighted by Gasteiger charge is 2.40. The van der Waals surface area contributed by atoms with Gasteiger partial charge < -0.3 is 9.64 Å². The SMILES string of the molecule is CC(C)(C)OC(=O)N1CCCC[C@H]2C(=O)CCC[C@H]21. The van der Waals surface area contributed by atoms with Crippen molar-refractivity contribution in [3.05, 3.63) is 0 Å². The first-order chi connectivity index (χ1) is 8.88. The van der Waals surface area contributed by atoms with E-state index in [4.69, 9.17) is 4.74 Å². The summed E-state index contributed by atoms with van der Waals surface area (Å²) in [5.74, 6) is 0.385. The van der Waals surface area contributed by atoms with Crippen LogP contribution in [0.25, 0.3) is 0 Å². The first kappa shape index (κ1) is 14.4. The number of ketones is 1. The maximum atomic E-state index is 12.3. The van der Waals surface area contributed by atoms with Gasteiger partial charge in [-0.1, -0.05) is 6.42 Å². The number of hydrogen-bond acceptors (Lipinski definition) is 3. The molecule has 2 atom stereocenters. The van der Waals surface area contributed by atoms with Crippen molar-refractivity contribution in [3.63, 3.8) is 0 Å². The van der Waals surface area contributed by atoms with Crippen molar-refractivity contribution in [3.8, 4) is 0 Å². The lowest BCUT2D eigenvalue weighted by molar-refractivity contribution is -0.127. The highest BCUT2D eigenvalue weighted by molar-refractivity contribution is 5.83. The molecule has 4 heteroatoms. The van der Waals surface area contributed by atoms with Gasteiger partial charge in [-0.2, -0.15) is 0 Å². The molecule has 1 saturated heterocycles. The molecule has 1 aliphatic carbocycles. The average molecular weight is 267 g/mol. The number of Topliss-reactive ketones (excluding diaryl/α,β-unsaturated/α-hetero) is 1. The van der Waals surface area contributed by atoms with Crippen molar-refractivity contribution < 1.29 is 14.3 Å². The second-order valence-electron chi connectivity index (χ2n) is 6.70. The van der Waals surface area contributed by atoms with Gasteiger partial charge in [-0.3, -0.25) is 4.79 Å². The number of carbonyl (C=O) groups excluding carboxylic acids is 2. The fraction of sp³-hybridized carbons (Fsp3) is 0.867. The molecule has 0 aromatic rings. The molecule has 2 fully saturated rings. The summed E-state index contributed by atoms with van der Waals surface area (Å²) in [4.78, 5) is 26.2. The van der Waals surface area contributed by atoms with Crippen LogP contribution >= 0.6 is 0 Å². The molecule has 0 aromatic heterocycles. The summed E-state index contributed by atoms with van der Waals surface area (Å²) in [6.45, 7) is 6.37. The Labute approximate surface area is 115 Å². The number of nitrogens with zero attached hydrogens (tertiary/aromatic N) is 1. The molecule has 108 valence electrons. The Hall–Kier alpha value is -1.06. The molecule has 2 rings (SSSR count). The smallest absolute Gasteiger partial charge is 0.410 e. The zero-order valence-corrected chi connectivity index (χ0v) is 12.3. The van der Waals surface area contributed by atoms with Gasteiger partial charge in [0.1, 0.15) is 11.4 Å². The molecule has 0 spiro atoms. The summed E-state index contributed by atoms with van der Waals surface area (Å²) in [7, 11) is 0. The lowest BCUT2D eigenvalue weighted by Gasteiger charge is -2.37. The summed E-state index contributed by atoms with van der Waals surface area (Å²) in [5.41, 5.74) is -0.475. The normalized spacial score (nSPS) is 28.6. The molecule has 0 radical (unpaired) electrons.